The van der Waals surface area contributed by atoms with Gasteiger partial charge in [-0.05, 0) is 36.4 Å². The van der Waals surface area contributed by atoms with Gasteiger partial charge in [0.25, 0.3) is 11.8 Å². The highest BCUT2D eigenvalue weighted by molar-refractivity contribution is 6.36. The van der Waals surface area contributed by atoms with Gasteiger partial charge in [-0.2, -0.15) is 0 Å². The van der Waals surface area contributed by atoms with Crippen LogP contribution >= 0.6 is 23.2 Å². The molecule has 0 saturated carbocycles. The molecule has 0 heterocycles. The fourth-order valence-electron chi connectivity index (χ4n) is 1.61. The van der Waals surface area contributed by atoms with Crippen LogP contribution in [0.15, 0.2) is 36.4 Å². The van der Waals surface area contributed by atoms with E-state index in [0.717, 1.165) is 12.1 Å². The van der Waals surface area contributed by atoms with E-state index in [0.29, 0.717) is 0 Å². The molecular weight excluding hydrogens is 365 g/mol. The third-order valence-electron chi connectivity index (χ3n) is 2.75. The molecule has 0 saturated heterocycles. The molecule has 0 bridgehead atoms. The third kappa shape index (κ3) is 4.81. The van der Waals surface area contributed by atoms with Crippen molar-refractivity contribution in [2.24, 2.45) is 0 Å². The Labute approximate surface area is 145 Å². The van der Waals surface area contributed by atoms with Gasteiger partial charge in [-0.3, -0.25) is 20.4 Å². The predicted molar refractivity (Wildman–Crippen MR) is 83.9 cm³/mol. The molecule has 0 fully saturated rings. The highest BCUT2D eigenvalue weighted by Crippen LogP contribution is 2.24. The Morgan fingerprint density at radius 3 is 2.33 bits per heavy atom. The first-order valence-corrected chi connectivity index (χ1v) is 7.24. The van der Waals surface area contributed by atoms with Crippen molar-refractivity contribution in [3.8, 4) is 5.75 Å². The van der Waals surface area contributed by atoms with Gasteiger partial charge in [0.05, 0.1) is 15.6 Å². The van der Waals surface area contributed by atoms with Crippen molar-refractivity contribution < 1.29 is 23.1 Å². The van der Waals surface area contributed by atoms with Gasteiger partial charge in [0, 0.05) is 0 Å². The number of benzene rings is 2. The highest BCUT2D eigenvalue weighted by atomic mass is 35.5. The molecule has 0 aliphatic rings. The van der Waals surface area contributed by atoms with E-state index >= 15 is 0 Å². The van der Waals surface area contributed by atoms with Gasteiger partial charge in [0.1, 0.15) is 17.4 Å². The maximum absolute atomic E-state index is 13.4. The molecule has 24 heavy (non-hydrogen) atoms. The number of rotatable bonds is 4. The number of carbonyl (C=O) groups is 2. The van der Waals surface area contributed by atoms with Crippen LogP contribution < -0.4 is 15.6 Å². The number of carbonyl (C=O) groups excluding carboxylic acids is 2. The molecule has 2 N–H and O–H groups in total. The number of nitrogens with one attached hydrogen (secondary N) is 2. The smallest absolute Gasteiger partial charge is 0.276 e. The van der Waals surface area contributed by atoms with E-state index in [9.17, 15) is 18.4 Å². The molecule has 0 spiro atoms. The van der Waals surface area contributed by atoms with E-state index in [1.54, 1.807) is 0 Å². The lowest BCUT2D eigenvalue weighted by atomic mass is 10.2. The summed E-state index contributed by atoms with van der Waals surface area (Å²) in [4.78, 5) is 23.4. The second-order valence-corrected chi connectivity index (χ2v) is 5.31. The van der Waals surface area contributed by atoms with Crippen molar-refractivity contribution in [1.82, 2.24) is 10.9 Å². The van der Waals surface area contributed by atoms with Crippen LogP contribution in [0.5, 0.6) is 5.75 Å². The Morgan fingerprint density at radius 1 is 1.00 bits per heavy atom. The molecular formula is C15H10Cl2F2N2O3. The number of amides is 2. The lowest BCUT2D eigenvalue weighted by Gasteiger charge is -2.10. The van der Waals surface area contributed by atoms with Crippen LogP contribution in [0.4, 0.5) is 8.78 Å². The standard InChI is InChI=1S/C15H10Cl2F2N2O3/c16-11-6-12(17)13(19)5-10(11)15(23)21-20-14(22)7-24-9-3-1-8(18)2-4-9/h1-6H,7H2,(H,20,22)(H,21,23). The zero-order chi connectivity index (χ0) is 17.7. The van der Waals surface area contributed by atoms with Crippen LogP contribution in [0.3, 0.4) is 0 Å². The van der Waals surface area contributed by atoms with Crippen molar-refractivity contribution in [2.75, 3.05) is 6.61 Å². The minimum absolute atomic E-state index is 0.0734. The summed E-state index contributed by atoms with van der Waals surface area (Å²) >= 11 is 11.3. The number of hydrogen-bond acceptors (Lipinski definition) is 3. The van der Waals surface area contributed by atoms with Crippen molar-refractivity contribution in [3.05, 3.63) is 63.6 Å². The molecule has 126 valence electrons. The van der Waals surface area contributed by atoms with E-state index in [1.807, 2.05) is 0 Å². The Bertz CT molecular complexity index is 770. The molecule has 2 rings (SSSR count). The molecule has 0 unspecified atom stereocenters. The fraction of sp³-hybridized carbons (Fsp3) is 0.0667. The Hall–Kier alpha value is -2.38. The van der Waals surface area contributed by atoms with Crippen LogP contribution in [-0.4, -0.2) is 18.4 Å². The summed E-state index contributed by atoms with van der Waals surface area (Å²) < 4.78 is 31.2. The molecule has 2 aromatic carbocycles. The van der Waals surface area contributed by atoms with Gasteiger partial charge in [0.15, 0.2) is 6.61 Å². The van der Waals surface area contributed by atoms with Crippen molar-refractivity contribution >= 4 is 35.0 Å². The number of ether oxygens (including phenoxy) is 1. The lowest BCUT2D eigenvalue weighted by molar-refractivity contribution is -0.123. The zero-order valence-electron chi connectivity index (χ0n) is 11.9. The van der Waals surface area contributed by atoms with Crippen molar-refractivity contribution in [1.29, 1.82) is 0 Å². The molecule has 2 amide bonds. The second kappa shape index (κ2) is 7.94. The van der Waals surface area contributed by atoms with Gasteiger partial charge in [-0.15, -0.1) is 0 Å². The first kappa shape index (κ1) is 18.0. The largest absolute Gasteiger partial charge is 0.484 e. The second-order valence-electron chi connectivity index (χ2n) is 4.49. The van der Waals surface area contributed by atoms with Gasteiger partial charge in [-0.25, -0.2) is 8.78 Å². The molecule has 9 heteroatoms. The molecule has 5 nitrogen and oxygen atoms in total. The maximum Gasteiger partial charge on any atom is 0.276 e. The average Bonchev–Trinajstić information content (AvgIpc) is 2.55. The molecule has 0 aliphatic heterocycles. The fourth-order valence-corrected chi connectivity index (χ4v) is 2.08. The SMILES string of the molecule is O=C(COc1ccc(F)cc1)NNC(=O)c1cc(F)c(Cl)cc1Cl. The monoisotopic (exact) mass is 374 g/mol. The van der Waals surface area contributed by atoms with Gasteiger partial charge >= 0.3 is 0 Å². The lowest BCUT2D eigenvalue weighted by Crippen LogP contribution is -2.44. The van der Waals surface area contributed by atoms with E-state index in [1.165, 1.54) is 24.3 Å². The summed E-state index contributed by atoms with van der Waals surface area (Å²) in [5, 5.41) is -0.302. The minimum Gasteiger partial charge on any atom is -0.484 e. The topological polar surface area (TPSA) is 67.4 Å². The molecule has 0 radical (unpaired) electrons. The first-order chi connectivity index (χ1) is 11.4. The van der Waals surface area contributed by atoms with E-state index < -0.39 is 30.1 Å². The van der Waals surface area contributed by atoms with Crippen LogP contribution in [-0.2, 0) is 4.79 Å². The Kier molecular flexibility index (Phi) is 5.94. The van der Waals surface area contributed by atoms with Crippen LogP contribution in [0.25, 0.3) is 0 Å². The summed E-state index contributed by atoms with van der Waals surface area (Å²) in [6.45, 7) is -0.422. The summed E-state index contributed by atoms with van der Waals surface area (Å²) in [5.74, 6) is -2.49. The Morgan fingerprint density at radius 2 is 1.67 bits per heavy atom. The van der Waals surface area contributed by atoms with Gasteiger partial charge in [-0.1, -0.05) is 23.2 Å². The maximum atomic E-state index is 13.4. The Balaban J connectivity index is 1.86. The number of halogens is 4. The van der Waals surface area contributed by atoms with E-state index in [-0.39, 0.29) is 21.4 Å². The van der Waals surface area contributed by atoms with Crippen molar-refractivity contribution in [2.45, 2.75) is 0 Å². The molecule has 0 aliphatic carbocycles. The minimum atomic E-state index is -0.828. The van der Waals surface area contributed by atoms with Crippen LogP contribution in [0.2, 0.25) is 10.0 Å². The first-order valence-electron chi connectivity index (χ1n) is 6.49. The molecule has 0 aromatic heterocycles. The van der Waals surface area contributed by atoms with E-state index in [2.05, 4.69) is 10.9 Å². The summed E-state index contributed by atoms with van der Waals surface area (Å²) in [7, 11) is 0. The predicted octanol–water partition coefficient (Wildman–Crippen LogP) is 3.11. The van der Waals surface area contributed by atoms with E-state index in [4.69, 9.17) is 27.9 Å². The van der Waals surface area contributed by atoms with Crippen molar-refractivity contribution in [3.63, 3.8) is 0 Å². The summed E-state index contributed by atoms with van der Waals surface area (Å²) in [6.07, 6.45) is 0. The van der Waals surface area contributed by atoms with Gasteiger partial charge in [0.2, 0.25) is 0 Å². The number of hydrogen-bond donors (Lipinski definition) is 2. The normalized spacial score (nSPS) is 10.2. The highest BCUT2D eigenvalue weighted by Gasteiger charge is 2.15. The molecule has 2 aromatic rings. The zero-order valence-corrected chi connectivity index (χ0v) is 13.4. The molecule has 0 atom stereocenters. The summed E-state index contributed by atoms with van der Waals surface area (Å²) in [5.41, 5.74) is 3.94. The third-order valence-corrected chi connectivity index (χ3v) is 3.36. The summed E-state index contributed by atoms with van der Waals surface area (Å²) in [6, 6.07) is 6.96. The van der Waals surface area contributed by atoms with Crippen LogP contribution in [0, 0.1) is 11.6 Å². The average molecular weight is 375 g/mol. The number of hydrazine groups is 1. The quantitative estimate of drug-likeness (QED) is 0.638. The van der Waals surface area contributed by atoms with Crippen LogP contribution in [0.1, 0.15) is 10.4 Å². The van der Waals surface area contributed by atoms with Gasteiger partial charge < -0.3 is 4.74 Å².